The molecular weight excluding hydrogens is 517 g/mol. The lowest BCUT2D eigenvalue weighted by Gasteiger charge is -2.36. The predicted molar refractivity (Wildman–Crippen MR) is 139 cm³/mol. The van der Waals surface area contributed by atoms with Gasteiger partial charge in [-0.3, -0.25) is 14.7 Å². The van der Waals surface area contributed by atoms with E-state index in [2.05, 4.69) is 37.1 Å². The second kappa shape index (κ2) is 11.9. The molecule has 2 aromatic rings. The highest BCUT2D eigenvalue weighted by Crippen LogP contribution is 2.27. The molecule has 7 nitrogen and oxygen atoms in total. The number of halogens is 1. The number of piperazine rings is 1. The van der Waals surface area contributed by atoms with Gasteiger partial charge in [0.2, 0.25) is 5.91 Å². The third-order valence-corrected chi connectivity index (χ3v) is 6.54. The van der Waals surface area contributed by atoms with Crippen molar-refractivity contribution in [3.05, 3.63) is 36.1 Å². The third-order valence-electron chi connectivity index (χ3n) is 6.54. The van der Waals surface area contributed by atoms with Crippen LogP contribution in [0.3, 0.4) is 0 Å². The Bertz CT molecular complexity index is 868. The van der Waals surface area contributed by atoms with Crippen LogP contribution in [0.15, 0.2) is 39.7 Å². The van der Waals surface area contributed by atoms with Gasteiger partial charge < -0.3 is 19.5 Å². The maximum Gasteiger partial charge on any atom is 0.225 e. The van der Waals surface area contributed by atoms with Crippen LogP contribution in [0.1, 0.15) is 31.4 Å². The van der Waals surface area contributed by atoms with Gasteiger partial charge in [0.15, 0.2) is 5.96 Å². The van der Waals surface area contributed by atoms with Gasteiger partial charge in [0.1, 0.15) is 11.3 Å². The monoisotopic (exact) mass is 553 g/mol. The van der Waals surface area contributed by atoms with Gasteiger partial charge in [-0.15, -0.1) is 24.0 Å². The van der Waals surface area contributed by atoms with E-state index < -0.39 is 0 Å². The van der Waals surface area contributed by atoms with Crippen LogP contribution in [0, 0.1) is 5.92 Å². The first-order valence-corrected chi connectivity index (χ1v) is 11.5. The fourth-order valence-corrected chi connectivity index (χ4v) is 4.76. The van der Waals surface area contributed by atoms with Crippen LogP contribution >= 0.6 is 24.0 Å². The first-order valence-electron chi connectivity index (χ1n) is 11.5. The molecule has 1 saturated carbocycles. The number of nitrogens with one attached hydrogen (secondary N) is 1. The topological polar surface area (TPSA) is 64.3 Å². The second-order valence-electron chi connectivity index (χ2n) is 8.73. The van der Waals surface area contributed by atoms with Gasteiger partial charge >= 0.3 is 0 Å². The van der Waals surface area contributed by atoms with Crippen LogP contribution < -0.4 is 5.32 Å². The Kier molecular flexibility index (Phi) is 9.22. The lowest BCUT2D eigenvalue weighted by molar-refractivity contribution is -0.137. The molecule has 1 aliphatic heterocycles. The number of para-hydroxylation sites is 1. The maximum atomic E-state index is 12.6. The van der Waals surface area contributed by atoms with Crippen molar-refractivity contribution in [2.75, 3.05) is 53.4 Å². The van der Waals surface area contributed by atoms with Crippen molar-refractivity contribution in [1.82, 2.24) is 20.0 Å². The van der Waals surface area contributed by atoms with Crippen molar-refractivity contribution in [3.63, 3.8) is 0 Å². The molecule has 32 heavy (non-hydrogen) atoms. The number of benzene rings is 1. The summed E-state index contributed by atoms with van der Waals surface area (Å²) in [6.45, 7) is 6.06. The van der Waals surface area contributed by atoms with Crippen LogP contribution in [0.2, 0.25) is 0 Å². The molecule has 4 rings (SSSR count). The van der Waals surface area contributed by atoms with Crippen LogP contribution in [-0.2, 0) is 11.3 Å². The molecule has 1 aromatic heterocycles. The second-order valence-corrected chi connectivity index (χ2v) is 8.73. The van der Waals surface area contributed by atoms with Gasteiger partial charge in [-0.25, -0.2) is 0 Å². The molecule has 0 spiro atoms. The van der Waals surface area contributed by atoms with Crippen LogP contribution in [-0.4, -0.2) is 79.9 Å². The Hall–Kier alpha value is -1.81. The molecule has 0 unspecified atom stereocenters. The summed E-state index contributed by atoms with van der Waals surface area (Å²) < 4.78 is 5.93. The van der Waals surface area contributed by atoms with E-state index in [-0.39, 0.29) is 24.0 Å². The van der Waals surface area contributed by atoms with Gasteiger partial charge in [0.25, 0.3) is 0 Å². The summed E-state index contributed by atoms with van der Waals surface area (Å²) in [7, 11) is 3.83. The Morgan fingerprint density at radius 2 is 1.91 bits per heavy atom. The van der Waals surface area contributed by atoms with E-state index >= 15 is 0 Å². The van der Waals surface area contributed by atoms with Gasteiger partial charge in [-0.05, 0) is 25.0 Å². The number of aliphatic imine (C=N–C) groups is 1. The Labute approximate surface area is 208 Å². The molecule has 0 bridgehead atoms. The average Bonchev–Trinajstić information content (AvgIpc) is 3.46. The van der Waals surface area contributed by atoms with E-state index in [0.717, 1.165) is 74.8 Å². The van der Waals surface area contributed by atoms with E-state index in [1.54, 1.807) is 0 Å². The molecule has 1 saturated heterocycles. The fraction of sp³-hybridized carbons (Fsp3) is 0.583. The number of nitrogens with zero attached hydrogens (tertiary/aromatic N) is 4. The largest absolute Gasteiger partial charge is 0.459 e. The zero-order valence-electron chi connectivity index (χ0n) is 19.3. The molecule has 176 valence electrons. The highest BCUT2D eigenvalue weighted by Gasteiger charge is 2.29. The molecule has 1 amide bonds. The highest BCUT2D eigenvalue weighted by molar-refractivity contribution is 14.0. The molecule has 0 radical (unpaired) electrons. The van der Waals surface area contributed by atoms with E-state index in [1.165, 1.54) is 12.8 Å². The number of hydrogen-bond acceptors (Lipinski definition) is 4. The van der Waals surface area contributed by atoms with Crippen molar-refractivity contribution >= 4 is 46.8 Å². The van der Waals surface area contributed by atoms with Gasteiger partial charge in [-0.1, -0.05) is 31.0 Å². The van der Waals surface area contributed by atoms with E-state index in [9.17, 15) is 4.79 Å². The number of furan rings is 1. The number of amides is 1. The number of carbonyl (C=O) groups is 1. The lowest BCUT2D eigenvalue weighted by Crippen LogP contribution is -2.51. The molecule has 0 atom stereocenters. The smallest absolute Gasteiger partial charge is 0.225 e. The summed E-state index contributed by atoms with van der Waals surface area (Å²) in [5.41, 5.74) is 0.916. The molecule has 2 fully saturated rings. The third kappa shape index (κ3) is 6.15. The first-order chi connectivity index (χ1) is 15.1. The number of fused-ring (bicyclic) bond motifs is 1. The number of carbonyl (C=O) groups excluding carboxylic acids is 1. The Morgan fingerprint density at radius 1 is 1.19 bits per heavy atom. The molecule has 1 aromatic carbocycles. The van der Waals surface area contributed by atoms with Crippen LogP contribution in [0.25, 0.3) is 11.0 Å². The SMILES string of the molecule is CN=C(NCCN1CCN(C(=O)C2CCCC2)CC1)N(C)Cc1cc2ccccc2o1.I. The maximum absolute atomic E-state index is 12.6. The molecule has 1 aliphatic carbocycles. The van der Waals surface area contributed by atoms with Crippen molar-refractivity contribution in [2.24, 2.45) is 10.9 Å². The summed E-state index contributed by atoms with van der Waals surface area (Å²) in [5.74, 6) is 2.46. The standard InChI is InChI=1S/C24H35N5O2.HI/c1-25-24(27(2)18-21-17-20-9-5-6-10-22(20)31-21)26-11-12-28-13-15-29(16-14-28)23(30)19-7-3-4-8-19;/h5-6,9-10,17,19H,3-4,7-8,11-16,18H2,1-2H3,(H,25,26);1H. The average molecular weight is 553 g/mol. The first kappa shape index (κ1) is 24.8. The number of guanidine groups is 1. The number of rotatable bonds is 6. The van der Waals surface area contributed by atoms with E-state index in [1.807, 2.05) is 32.3 Å². The van der Waals surface area contributed by atoms with Crippen molar-refractivity contribution < 1.29 is 9.21 Å². The highest BCUT2D eigenvalue weighted by atomic mass is 127. The summed E-state index contributed by atoms with van der Waals surface area (Å²) in [4.78, 5) is 23.6. The number of hydrogen-bond donors (Lipinski definition) is 1. The van der Waals surface area contributed by atoms with Crippen molar-refractivity contribution in [1.29, 1.82) is 0 Å². The molecule has 1 N–H and O–H groups in total. The zero-order chi connectivity index (χ0) is 21.6. The summed E-state index contributed by atoms with van der Waals surface area (Å²) in [5, 5.41) is 4.59. The van der Waals surface area contributed by atoms with Gasteiger partial charge in [-0.2, -0.15) is 0 Å². The summed E-state index contributed by atoms with van der Waals surface area (Å²) in [6, 6.07) is 10.2. The minimum Gasteiger partial charge on any atom is -0.459 e. The summed E-state index contributed by atoms with van der Waals surface area (Å²) >= 11 is 0. The normalized spacial score (nSPS) is 18.1. The van der Waals surface area contributed by atoms with Crippen molar-refractivity contribution in [3.8, 4) is 0 Å². The Balaban J connectivity index is 0.00000289. The van der Waals surface area contributed by atoms with Crippen molar-refractivity contribution in [2.45, 2.75) is 32.2 Å². The fourth-order valence-electron chi connectivity index (χ4n) is 4.76. The molecule has 2 aliphatic rings. The van der Waals surface area contributed by atoms with Crippen LogP contribution in [0.5, 0.6) is 0 Å². The van der Waals surface area contributed by atoms with Crippen LogP contribution in [0.4, 0.5) is 0 Å². The quantitative estimate of drug-likeness (QED) is 0.338. The zero-order valence-corrected chi connectivity index (χ0v) is 21.6. The minimum atomic E-state index is 0. The van der Waals surface area contributed by atoms with E-state index in [0.29, 0.717) is 18.4 Å². The minimum absolute atomic E-state index is 0. The Morgan fingerprint density at radius 3 is 2.59 bits per heavy atom. The van der Waals surface area contributed by atoms with Gasteiger partial charge in [0.05, 0.1) is 6.54 Å². The predicted octanol–water partition coefficient (Wildman–Crippen LogP) is 3.39. The molecule has 8 heteroatoms. The summed E-state index contributed by atoms with van der Waals surface area (Å²) in [6.07, 6.45) is 4.61. The molecular formula is C24H36IN5O2. The molecule has 2 heterocycles. The van der Waals surface area contributed by atoms with Gasteiger partial charge in [0, 0.05) is 64.7 Å². The lowest BCUT2D eigenvalue weighted by atomic mass is 10.1. The van der Waals surface area contributed by atoms with E-state index in [4.69, 9.17) is 4.42 Å².